The highest BCUT2D eigenvalue weighted by Gasteiger charge is 2.26. The van der Waals surface area contributed by atoms with Crippen molar-refractivity contribution in [2.75, 3.05) is 31.6 Å². The molecule has 1 unspecified atom stereocenters. The largest absolute Gasteiger partial charge is 0.378 e. The molecule has 1 aliphatic heterocycles. The molecule has 1 N–H and O–H groups in total. The van der Waals surface area contributed by atoms with E-state index in [9.17, 15) is 19.3 Å². The van der Waals surface area contributed by atoms with E-state index in [2.05, 4.69) is 5.32 Å². The highest BCUT2D eigenvalue weighted by molar-refractivity contribution is 5.95. The van der Waals surface area contributed by atoms with E-state index >= 15 is 0 Å². The number of nitro benzene ring substituents is 1. The van der Waals surface area contributed by atoms with E-state index in [0.29, 0.717) is 32.0 Å². The monoisotopic (exact) mass is 399 g/mol. The molecule has 0 spiro atoms. The second-order valence-electron chi connectivity index (χ2n) is 7.33. The second kappa shape index (κ2) is 8.16. The molecule has 1 fully saturated rings. The molecule has 4 rings (SSSR count). The van der Waals surface area contributed by atoms with Gasteiger partial charge < -0.3 is 15.0 Å². The molecule has 29 heavy (non-hydrogen) atoms. The normalized spacial score (nSPS) is 18.8. The van der Waals surface area contributed by atoms with Gasteiger partial charge in [0.25, 0.3) is 11.6 Å². The van der Waals surface area contributed by atoms with Crippen molar-refractivity contribution in [1.82, 2.24) is 4.90 Å². The van der Waals surface area contributed by atoms with Crippen LogP contribution in [0.3, 0.4) is 0 Å². The summed E-state index contributed by atoms with van der Waals surface area (Å²) in [5.41, 5.74) is 2.33. The molecule has 2 aromatic carbocycles. The van der Waals surface area contributed by atoms with Crippen molar-refractivity contribution >= 4 is 17.3 Å². The zero-order chi connectivity index (χ0) is 20.4. The summed E-state index contributed by atoms with van der Waals surface area (Å²) in [5, 5.41) is 14.9. The third kappa shape index (κ3) is 4.07. The van der Waals surface area contributed by atoms with Crippen molar-refractivity contribution in [1.29, 1.82) is 0 Å². The van der Waals surface area contributed by atoms with Gasteiger partial charge in [0.1, 0.15) is 11.5 Å². The van der Waals surface area contributed by atoms with Gasteiger partial charge in [-0.05, 0) is 54.7 Å². The molecule has 152 valence electrons. The van der Waals surface area contributed by atoms with Crippen LogP contribution in [0.25, 0.3) is 0 Å². The van der Waals surface area contributed by atoms with Crippen molar-refractivity contribution in [3.63, 3.8) is 0 Å². The number of hydrogen-bond donors (Lipinski definition) is 1. The number of aryl methyl sites for hydroxylation is 1. The molecule has 0 bridgehead atoms. The summed E-state index contributed by atoms with van der Waals surface area (Å²) in [6, 6.07) is 8.98. The highest BCUT2D eigenvalue weighted by Crippen LogP contribution is 2.36. The number of nitrogens with zero attached hydrogens (tertiary/aromatic N) is 2. The van der Waals surface area contributed by atoms with Gasteiger partial charge in [-0.3, -0.25) is 14.9 Å². The van der Waals surface area contributed by atoms with Crippen molar-refractivity contribution in [3.05, 3.63) is 69.0 Å². The van der Waals surface area contributed by atoms with E-state index in [0.717, 1.165) is 30.4 Å². The zero-order valence-corrected chi connectivity index (χ0v) is 15.9. The van der Waals surface area contributed by atoms with E-state index in [-0.39, 0.29) is 29.0 Å². The zero-order valence-electron chi connectivity index (χ0n) is 15.9. The molecule has 0 radical (unpaired) electrons. The van der Waals surface area contributed by atoms with Crippen LogP contribution >= 0.6 is 0 Å². The summed E-state index contributed by atoms with van der Waals surface area (Å²) in [7, 11) is 0. The number of rotatable bonds is 4. The first-order valence-electron chi connectivity index (χ1n) is 9.73. The van der Waals surface area contributed by atoms with Crippen molar-refractivity contribution in [2.24, 2.45) is 0 Å². The average Bonchev–Trinajstić information content (AvgIpc) is 2.74. The van der Waals surface area contributed by atoms with Crippen LogP contribution in [0.15, 0.2) is 36.4 Å². The molecular formula is C21H22FN3O4. The number of fused-ring (bicyclic) bond motifs is 1. The maximum Gasteiger partial charge on any atom is 0.293 e. The molecule has 7 nitrogen and oxygen atoms in total. The smallest absolute Gasteiger partial charge is 0.293 e. The first kappa shape index (κ1) is 19.3. The predicted molar refractivity (Wildman–Crippen MR) is 106 cm³/mol. The van der Waals surface area contributed by atoms with Crippen LogP contribution in [0, 0.1) is 15.9 Å². The van der Waals surface area contributed by atoms with Crippen LogP contribution in [-0.4, -0.2) is 42.0 Å². The molecule has 1 atom stereocenters. The molecule has 2 aliphatic rings. The van der Waals surface area contributed by atoms with Crippen molar-refractivity contribution in [3.8, 4) is 0 Å². The van der Waals surface area contributed by atoms with Crippen LogP contribution in [0.1, 0.15) is 40.4 Å². The Morgan fingerprint density at radius 1 is 1.21 bits per heavy atom. The Kier molecular flexibility index (Phi) is 5.44. The number of anilines is 1. The maximum atomic E-state index is 13.7. The number of halogens is 1. The summed E-state index contributed by atoms with van der Waals surface area (Å²) in [4.78, 5) is 25.5. The fourth-order valence-corrected chi connectivity index (χ4v) is 3.99. The summed E-state index contributed by atoms with van der Waals surface area (Å²) in [5.74, 6) is -0.563. The van der Waals surface area contributed by atoms with Gasteiger partial charge in [-0.1, -0.05) is 6.07 Å². The van der Waals surface area contributed by atoms with Crippen LogP contribution < -0.4 is 5.32 Å². The van der Waals surface area contributed by atoms with E-state index in [1.165, 1.54) is 18.2 Å². The fourth-order valence-electron chi connectivity index (χ4n) is 3.99. The Hall–Kier alpha value is -3.00. The van der Waals surface area contributed by atoms with E-state index in [1.807, 2.05) is 0 Å². The van der Waals surface area contributed by atoms with Gasteiger partial charge >= 0.3 is 0 Å². The first-order valence-corrected chi connectivity index (χ1v) is 9.73. The lowest BCUT2D eigenvalue weighted by Gasteiger charge is -2.28. The lowest BCUT2D eigenvalue weighted by molar-refractivity contribution is -0.384. The number of carbonyl (C=O) groups excluding carboxylic acids is 1. The van der Waals surface area contributed by atoms with Gasteiger partial charge in [0.2, 0.25) is 0 Å². The lowest BCUT2D eigenvalue weighted by atomic mass is 9.87. The van der Waals surface area contributed by atoms with Crippen LogP contribution in [0.5, 0.6) is 0 Å². The molecule has 1 saturated heterocycles. The minimum absolute atomic E-state index is 0.160. The Bertz CT molecular complexity index is 944. The van der Waals surface area contributed by atoms with E-state index < -0.39 is 4.92 Å². The third-order valence-corrected chi connectivity index (χ3v) is 5.49. The molecular weight excluding hydrogens is 377 g/mol. The summed E-state index contributed by atoms with van der Waals surface area (Å²) < 4.78 is 19.0. The first-order chi connectivity index (χ1) is 14.0. The Morgan fingerprint density at radius 2 is 2.00 bits per heavy atom. The Morgan fingerprint density at radius 3 is 2.76 bits per heavy atom. The van der Waals surface area contributed by atoms with Gasteiger partial charge in [-0.2, -0.15) is 0 Å². The fraction of sp³-hybridized carbons (Fsp3) is 0.381. The number of nitrogens with one attached hydrogen (secondary N) is 1. The highest BCUT2D eigenvalue weighted by atomic mass is 19.1. The molecule has 0 saturated carbocycles. The molecule has 2 aromatic rings. The number of amides is 1. The summed E-state index contributed by atoms with van der Waals surface area (Å²) in [6.07, 6.45) is 2.53. The molecule has 8 heteroatoms. The SMILES string of the molecule is O=C(c1ccc(NC2CCCc3ccc(F)cc32)c([N+](=O)[O-])c1)N1CCOCC1. The van der Waals surface area contributed by atoms with Crippen LogP contribution in [-0.2, 0) is 11.2 Å². The van der Waals surface area contributed by atoms with E-state index in [4.69, 9.17) is 4.74 Å². The second-order valence-corrected chi connectivity index (χ2v) is 7.33. The third-order valence-electron chi connectivity index (χ3n) is 5.49. The minimum Gasteiger partial charge on any atom is -0.378 e. The lowest BCUT2D eigenvalue weighted by Crippen LogP contribution is -2.40. The topological polar surface area (TPSA) is 84.7 Å². The molecule has 0 aromatic heterocycles. The van der Waals surface area contributed by atoms with Gasteiger partial charge in [0.05, 0.1) is 24.2 Å². The van der Waals surface area contributed by atoms with Gasteiger partial charge in [-0.15, -0.1) is 0 Å². The van der Waals surface area contributed by atoms with Gasteiger partial charge in [-0.25, -0.2) is 4.39 Å². The minimum atomic E-state index is -0.492. The van der Waals surface area contributed by atoms with E-state index in [1.54, 1.807) is 23.1 Å². The van der Waals surface area contributed by atoms with Gasteiger partial charge in [0, 0.05) is 24.7 Å². The standard InChI is InChI=1S/C21H22FN3O4/c22-16-6-4-14-2-1-3-18(17(14)13-16)23-19-7-5-15(12-20(19)25(27)28)21(26)24-8-10-29-11-9-24/h4-7,12-13,18,23H,1-3,8-11H2. The summed E-state index contributed by atoms with van der Waals surface area (Å²) >= 11 is 0. The van der Waals surface area contributed by atoms with Crippen molar-refractivity contribution in [2.45, 2.75) is 25.3 Å². The maximum absolute atomic E-state index is 13.7. The van der Waals surface area contributed by atoms with Crippen LogP contribution in [0.2, 0.25) is 0 Å². The number of morpholine rings is 1. The number of benzene rings is 2. The average molecular weight is 399 g/mol. The predicted octanol–water partition coefficient (Wildman–Crippen LogP) is 3.70. The number of ether oxygens (including phenoxy) is 1. The number of nitro groups is 1. The molecule has 1 heterocycles. The quantitative estimate of drug-likeness (QED) is 0.626. The Labute approximate surface area is 167 Å². The number of carbonyl (C=O) groups is 1. The van der Waals surface area contributed by atoms with Crippen molar-refractivity contribution < 1.29 is 18.8 Å². The Balaban J connectivity index is 1.61. The number of hydrogen-bond acceptors (Lipinski definition) is 5. The molecule has 1 amide bonds. The molecule has 1 aliphatic carbocycles. The summed E-state index contributed by atoms with van der Waals surface area (Å²) in [6.45, 7) is 1.87. The van der Waals surface area contributed by atoms with Gasteiger partial charge in [0.15, 0.2) is 0 Å². The van der Waals surface area contributed by atoms with Crippen LogP contribution in [0.4, 0.5) is 15.8 Å².